The number of hydrogen-bond acceptors (Lipinski definition) is 0. The van der Waals surface area contributed by atoms with Crippen molar-refractivity contribution in [2.75, 3.05) is 0 Å². The third-order valence-electron chi connectivity index (χ3n) is 3.39. The zero-order valence-corrected chi connectivity index (χ0v) is 9.53. The van der Waals surface area contributed by atoms with Gasteiger partial charge in [-0.3, -0.25) is 0 Å². The van der Waals surface area contributed by atoms with Gasteiger partial charge in [0, 0.05) is 5.56 Å². The molecule has 2 aromatic rings. The minimum Gasteiger partial charge on any atom is -0.352 e. The fraction of sp³-hybridized carbons (Fsp3) is 0.200. The van der Waals surface area contributed by atoms with E-state index in [-0.39, 0.29) is 0 Å². The summed E-state index contributed by atoms with van der Waals surface area (Å²) in [4.78, 5) is 0. The summed E-state index contributed by atoms with van der Waals surface area (Å²) >= 11 is 0. The van der Waals surface area contributed by atoms with Gasteiger partial charge < -0.3 is 5.73 Å². The van der Waals surface area contributed by atoms with Crippen molar-refractivity contribution in [3.63, 3.8) is 0 Å². The van der Waals surface area contributed by atoms with Gasteiger partial charge in [0.2, 0.25) is 0 Å². The predicted molar refractivity (Wildman–Crippen MR) is 66.0 cm³/mol. The minimum absolute atomic E-state index is 0.369. The van der Waals surface area contributed by atoms with Crippen molar-refractivity contribution in [3.05, 3.63) is 59.2 Å². The fourth-order valence-corrected chi connectivity index (χ4v) is 2.47. The first-order valence-electron chi connectivity index (χ1n) is 5.80. The van der Waals surface area contributed by atoms with E-state index in [2.05, 4.69) is 55.1 Å². The lowest BCUT2D eigenvalue weighted by atomic mass is 10.0. The molecule has 16 heavy (non-hydrogen) atoms. The first-order valence-corrected chi connectivity index (χ1v) is 5.80. The largest absolute Gasteiger partial charge is 0.352 e. The van der Waals surface area contributed by atoms with Gasteiger partial charge in [-0.25, -0.2) is 0 Å². The number of rotatable bonds is 1. The van der Waals surface area contributed by atoms with Crippen molar-refractivity contribution in [1.29, 1.82) is 0 Å². The van der Waals surface area contributed by atoms with E-state index in [9.17, 15) is 0 Å². The Kier molecular flexibility index (Phi) is 2.08. The summed E-state index contributed by atoms with van der Waals surface area (Å²) in [5.74, 6) is 0. The van der Waals surface area contributed by atoms with Gasteiger partial charge in [-0.15, -0.1) is 0 Å². The van der Waals surface area contributed by atoms with Gasteiger partial charge >= 0.3 is 0 Å². The molecule has 0 fully saturated rings. The second kappa shape index (κ2) is 3.46. The molecule has 0 aliphatic heterocycles. The Morgan fingerprint density at radius 3 is 2.56 bits per heavy atom. The third kappa shape index (κ3) is 1.36. The molecule has 1 nitrogen and oxygen atoms in total. The zero-order valence-electron chi connectivity index (χ0n) is 9.53. The summed E-state index contributed by atoms with van der Waals surface area (Å²) in [5.41, 5.74) is 11.1. The Labute approximate surface area is 95.9 Å². The highest BCUT2D eigenvalue weighted by Crippen LogP contribution is 2.37. The molecule has 0 bridgehead atoms. The van der Waals surface area contributed by atoms with E-state index >= 15 is 0 Å². The van der Waals surface area contributed by atoms with Gasteiger partial charge in [-0.2, -0.15) is 0 Å². The Bertz CT molecular complexity index is 541. The molecule has 3 N–H and O–H groups in total. The summed E-state index contributed by atoms with van der Waals surface area (Å²) in [5, 5.41) is 0. The maximum atomic E-state index is 4.08. The smallest absolute Gasteiger partial charge is 0.107 e. The number of hydrogen-bond donors (Lipinski definition) is 1. The van der Waals surface area contributed by atoms with Gasteiger partial charge in [-0.05, 0) is 41.7 Å². The molecule has 0 saturated carbocycles. The van der Waals surface area contributed by atoms with E-state index in [1.807, 2.05) is 0 Å². The van der Waals surface area contributed by atoms with E-state index in [0.717, 1.165) is 6.42 Å². The van der Waals surface area contributed by atoms with E-state index in [1.165, 1.54) is 27.8 Å². The van der Waals surface area contributed by atoms with Crippen LogP contribution in [0.1, 0.15) is 29.7 Å². The monoisotopic (exact) mass is 210 g/mol. The molecule has 1 aliphatic carbocycles. The van der Waals surface area contributed by atoms with Crippen LogP contribution in [0.4, 0.5) is 0 Å². The quantitative estimate of drug-likeness (QED) is 0.639. The van der Waals surface area contributed by atoms with Crippen LogP contribution in [0.2, 0.25) is 0 Å². The molecule has 0 saturated heterocycles. The SMILES string of the molecule is C[C@@H]([NH3+])c1ccc2c(c1)Cc1ccccc1-2. The lowest BCUT2D eigenvalue weighted by Crippen LogP contribution is -2.51. The van der Waals surface area contributed by atoms with Crippen LogP contribution in [-0.2, 0) is 6.42 Å². The standard InChI is InChI=1S/C15H15N/c1-10(16)11-6-7-15-13(8-11)9-12-4-2-3-5-14(12)15/h2-8,10H,9,16H2,1H3/p+1/t10-/m1/s1. The summed E-state index contributed by atoms with van der Waals surface area (Å²) in [6.07, 6.45) is 1.08. The van der Waals surface area contributed by atoms with Crippen LogP contribution >= 0.6 is 0 Å². The van der Waals surface area contributed by atoms with E-state index in [0.29, 0.717) is 6.04 Å². The minimum atomic E-state index is 0.369. The normalized spacial score (nSPS) is 14.4. The molecule has 3 rings (SSSR count). The van der Waals surface area contributed by atoms with Crippen molar-refractivity contribution >= 4 is 0 Å². The maximum absolute atomic E-state index is 4.08. The second-order valence-corrected chi connectivity index (χ2v) is 4.65. The first kappa shape index (κ1) is 9.61. The molecule has 1 heteroatoms. The summed E-state index contributed by atoms with van der Waals surface area (Å²) in [6.45, 7) is 2.14. The molecule has 80 valence electrons. The van der Waals surface area contributed by atoms with Crippen molar-refractivity contribution < 1.29 is 5.73 Å². The Morgan fingerprint density at radius 1 is 1.00 bits per heavy atom. The highest BCUT2D eigenvalue weighted by molar-refractivity contribution is 5.76. The predicted octanol–water partition coefficient (Wildman–Crippen LogP) is 2.56. The highest BCUT2D eigenvalue weighted by atomic mass is 14.6. The topological polar surface area (TPSA) is 27.6 Å². The molecule has 0 heterocycles. The summed E-state index contributed by atoms with van der Waals surface area (Å²) in [7, 11) is 0. The molecule has 1 atom stereocenters. The average Bonchev–Trinajstić information content (AvgIpc) is 2.66. The maximum Gasteiger partial charge on any atom is 0.107 e. The zero-order chi connectivity index (χ0) is 11.1. The third-order valence-corrected chi connectivity index (χ3v) is 3.39. The number of quaternary nitrogens is 1. The van der Waals surface area contributed by atoms with Crippen molar-refractivity contribution in [1.82, 2.24) is 0 Å². The molecular weight excluding hydrogens is 194 g/mol. The van der Waals surface area contributed by atoms with Crippen molar-refractivity contribution in [3.8, 4) is 11.1 Å². The molecule has 1 aliphatic rings. The Balaban J connectivity index is 2.14. The summed E-state index contributed by atoms with van der Waals surface area (Å²) < 4.78 is 0. The molecular formula is C15H16N+. The average molecular weight is 210 g/mol. The van der Waals surface area contributed by atoms with Crippen LogP contribution in [-0.4, -0.2) is 0 Å². The Morgan fingerprint density at radius 2 is 1.75 bits per heavy atom. The van der Waals surface area contributed by atoms with Crippen LogP contribution in [0.25, 0.3) is 11.1 Å². The van der Waals surface area contributed by atoms with Crippen molar-refractivity contribution in [2.24, 2.45) is 0 Å². The summed E-state index contributed by atoms with van der Waals surface area (Å²) in [6, 6.07) is 15.8. The molecule has 0 radical (unpaired) electrons. The van der Waals surface area contributed by atoms with Gasteiger partial charge in [0.1, 0.15) is 6.04 Å². The molecule has 0 aromatic heterocycles. The van der Waals surface area contributed by atoms with E-state index in [1.54, 1.807) is 0 Å². The van der Waals surface area contributed by atoms with Gasteiger partial charge in [-0.1, -0.05) is 36.4 Å². The van der Waals surface area contributed by atoms with Crippen LogP contribution < -0.4 is 5.73 Å². The van der Waals surface area contributed by atoms with E-state index < -0.39 is 0 Å². The highest BCUT2D eigenvalue weighted by Gasteiger charge is 2.18. The fourth-order valence-electron chi connectivity index (χ4n) is 2.47. The molecule has 2 aromatic carbocycles. The second-order valence-electron chi connectivity index (χ2n) is 4.65. The lowest BCUT2D eigenvalue weighted by molar-refractivity contribution is -0.420. The van der Waals surface area contributed by atoms with Gasteiger partial charge in [0.15, 0.2) is 0 Å². The van der Waals surface area contributed by atoms with Crippen LogP contribution in [0.3, 0.4) is 0 Å². The van der Waals surface area contributed by atoms with Gasteiger partial charge in [0.25, 0.3) is 0 Å². The molecule has 0 unspecified atom stereocenters. The van der Waals surface area contributed by atoms with Crippen molar-refractivity contribution in [2.45, 2.75) is 19.4 Å². The first-order chi connectivity index (χ1) is 7.75. The van der Waals surface area contributed by atoms with Crippen LogP contribution in [0.15, 0.2) is 42.5 Å². The van der Waals surface area contributed by atoms with Gasteiger partial charge in [0.05, 0.1) is 0 Å². The lowest BCUT2D eigenvalue weighted by Gasteiger charge is -2.05. The molecule has 0 amide bonds. The Hall–Kier alpha value is -1.60. The van der Waals surface area contributed by atoms with E-state index in [4.69, 9.17) is 0 Å². The van der Waals surface area contributed by atoms with Crippen LogP contribution in [0, 0.1) is 0 Å². The number of fused-ring (bicyclic) bond motifs is 3. The van der Waals surface area contributed by atoms with Crippen LogP contribution in [0.5, 0.6) is 0 Å². The molecule has 0 spiro atoms. The number of benzene rings is 2.